The number of aryl methyl sites for hydroxylation is 3. The summed E-state index contributed by atoms with van der Waals surface area (Å²) < 4.78 is 9.13. The number of aromatic nitrogens is 5. The summed E-state index contributed by atoms with van der Waals surface area (Å²) in [5, 5.41) is 11.8. The number of anilines is 2. The van der Waals surface area contributed by atoms with E-state index in [1.807, 2.05) is 43.8 Å². The number of nitrogens with one attached hydrogen (secondary N) is 1. The highest BCUT2D eigenvalue weighted by molar-refractivity contribution is 5.49. The Hall–Kier alpha value is -3.36. The minimum absolute atomic E-state index is 0.200. The van der Waals surface area contributed by atoms with Crippen LogP contribution in [0.2, 0.25) is 0 Å². The highest BCUT2D eigenvalue weighted by Crippen LogP contribution is 2.53. The van der Waals surface area contributed by atoms with Crippen LogP contribution in [0.1, 0.15) is 29.7 Å². The summed E-state index contributed by atoms with van der Waals surface area (Å²) >= 11 is 0. The first-order valence-corrected chi connectivity index (χ1v) is 10.8. The lowest BCUT2D eigenvalue weighted by Crippen LogP contribution is -2.24. The third-order valence-corrected chi connectivity index (χ3v) is 6.18. The van der Waals surface area contributed by atoms with E-state index >= 15 is 0 Å². The summed E-state index contributed by atoms with van der Waals surface area (Å²) in [6, 6.07) is 5.88. The third kappa shape index (κ3) is 4.32. The van der Waals surface area contributed by atoms with E-state index in [1.54, 1.807) is 19.3 Å². The fraction of sp³-hybridized carbons (Fsp3) is 0.478. The lowest BCUT2D eigenvalue weighted by molar-refractivity contribution is 0.273. The predicted molar refractivity (Wildman–Crippen MR) is 124 cm³/mol. The Morgan fingerprint density at radius 3 is 2.66 bits per heavy atom. The van der Waals surface area contributed by atoms with Gasteiger partial charge in [0.05, 0.1) is 12.8 Å². The maximum Gasteiger partial charge on any atom is 0.290 e. The Morgan fingerprint density at radius 1 is 1.19 bits per heavy atom. The molecule has 0 aliphatic heterocycles. The molecule has 0 spiro atoms. The average Bonchev–Trinajstić information content (AvgIpc) is 3.23. The van der Waals surface area contributed by atoms with Gasteiger partial charge in [0, 0.05) is 70.1 Å². The van der Waals surface area contributed by atoms with Crippen molar-refractivity contribution in [1.82, 2.24) is 24.5 Å². The summed E-state index contributed by atoms with van der Waals surface area (Å²) in [5.74, 6) is 2.71. The van der Waals surface area contributed by atoms with Crippen molar-refractivity contribution in [3.63, 3.8) is 0 Å². The molecule has 1 N–H and O–H groups in total. The van der Waals surface area contributed by atoms with E-state index in [-0.39, 0.29) is 5.56 Å². The SMILES string of the molecule is Cc1ccc(C2C(C)C2COc2cc(NCc3cnn(C)c3N(C)C)c(=O)n(C)n2)nc1. The fourth-order valence-corrected chi connectivity index (χ4v) is 4.29. The quantitative estimate of drug-likeness (QED) is 0.578. The zero-order valence-corrected chi connectivity index (χ0v) is 19.5. The number of rotatable bonds is 8. The molecule has 3 unspecified atom stereocenters. The number of hydrogen-bond donors (Lipinski definition) is 1. The summed E-state index contributed by atoms with van der Waals surface area (Å²) in [6.07, 6.45) is 3.72. The molecule has 0 bridgehead atoms. The van der Waals surface area contributed by atoms with E-state index in [1.165, 1.54) is 4.68 Å². The smallest absolute Gasteiger partial charge is 0.290 e. The molecule has 0 radical (unpaired) electrons. The summed E-state index contributed by atoms with van der Waals surface area (Å²) in [5.41, 5.74) is 3.52. The van der Waals surface area contributed by atoms with Gasteiger partial charge in [-0.3, -0.25) is 14.5 Å². The van der Waals surface area contributed by atoms with Gasteiger partial charge in [-0.1, -0.05) is 13.0 Å². The molecule has 9 heteroatoms. The topological polar surface area (TPSA) is 90.1 Å². The van der Waals surface area contributed by atoms with Crippen molar-refractivity contribution in [2.75, 3.05) is 30.9 Å². The van der Waals surface area contributed by atoms with Crippen LogP contribution >= 0.6 is 0 Å². The summed E-state index contributed by atoms with van der Waals surface area (Å²) in [4.78, 5) is 19.1. The second-order valence-electron chi connectivity index (χ2n) is 8.81. The molecule has 170 valence electrons. The maximum atomic E-state index is 12.6. The first-order chi connectivity index (χ1) is 15.3. The largest absolute Gasteiger partial charge is 0.476 e. The van der Waals surface area contributed by atoms with Crippen molar-refractivity contribution in [2.24, 2.45) is 25.9 Å². The van der Waals surface area contributed by atoms with Gasteiger partial charge in [0.1, 0.15) is 11.5 Å². The van der Waals surface area contributed by atoms with Crippen LogP contribution < -0.4 is 20.5 Å². The Morgan fingerprint density at radius 2 is 1.97 bits per heavy atom. The predicted octanol–water partition coefficient (Wildman–Crippen LogP) is 2.32. The van der Waals surface area contributed by atoms with E-state index in [0.717, 1.165) is 22.6 Å². The molecule has 0 aromatic carbocycles. The van der Waals surface area contributed by atoms with Gasteiger partial charge < -0.3 is 15.0 Å². The molecule has 3 aromatic heterocycles. The second kappa shape index (κ2) is 8.64. The van der Waals surface area contributed by atoms with Crippen LogP contribution in [-0.2, 0) is 20.6 Å². The lowest BCUT2D eigenvalue weighted by atomic mass is 10.2. The lowest BCUT2D eigenvalue weighted by Gasteiger charge is -2.16. The minimum Gasteiger partial charge on any atom is -0.476 e. The van der Waals surface area contributed by atoms with Gasteiger partial charge in [-0.25, -0.2) is 4.68 Å². The van der Waals surface area contributed by atoms with E-state index in [2.05, 4.69) is 39.6 Å². The highest BCUT2D eigenvalue weighted by atomic mass is 16.5. The Kier molecular flexibility index (Phi) is 5.90. The van der Waals surface area contributed by atoms with Gasteiger partial charge in [-0.15, -0.1) is 5.10 Å². The summed E-state index contributed by atoms with van der Waals surface area (Å²) in [7, 11) is 7.47. The van der Waals surface area contributed by atoms with Crippen molar-refractivity contribution in [2.45, 2.75) is 26.3 Å². The molecule has 0 amide bonds. The van der Waals surface area contributed by atoms with Gasteiger partial charge in [-0.2, -0.15) is 5.10 Å². The zero-order valence-electron chi connectivity index (χ0n) is 19.5. The van der Waals surface area contributed by atoms with E-state index in [9.17, 15) is 4.79 Å². The van der Waals surface area contributed by atoms with Gasteiger partial charge in [-0.05, 0) is 24.5 Å². The van der Waals surface area contributed by atoms with Crippen LogP contribution in [-0.4, -0.2) is 45.2 Å². The summed E-state index contributed by atoms with van der Waals surface area (Å²) in [6.45, 7) is 5.28. The fourth-order valence-electron chi connectivity index (χ4n) is 4.29. The number of ether oxygens (including phenoxy) is 1. The van der Waals surface area contributed by atoms with Crippen LogP contribution in [0, 0.1) is 18.8 Å². The minimum atomic E-state index is -0.200. The molecule has 3 atom stereocenters. The first kappa shape index (κ1) is 21.9. The van der Waals surface area contributed by atoms with Crippen LogP contribution in [0.25, 0.3) is 0 Å². The number of nitrogens with zero attached hydrogens (tertiary/aromatic N) is 6. The monoisotopic (exact) mass is 437 g/mol. The van der Waals surface area contributed by atoms with Crippen LogP contribution in [0.3, 0.4) is 0 Å². The van der Waals surface area contributed by atoms with Gasteiger partial charge in [0.15, 0.2) is 0 Å². The van der Waals surface area contributed by atoms with E-state index in [4.69, 9.17) is 4.74 Å². The van der Waals surface area contributed by atoms with Crippen molar-refractivity contribution in [3.8, 4) is 5.88 Å². The number of hydrogen-bond acceptors (Lipinski definition) is 7. The maximum absolute atomic E-state index is 12.6. The molecular formula is C23H31N7O2. The Balaban J connectivity index is 1.43. The second-order valence-corrected chi connectivity index (χ2v) is 8.81. The molecule has 4 rings (SSSR count). The molecular weight excluding hydrogens is 406 g/mol. The van der Waals surface area contributed by atoms with Crippen molar-refractivity contribution < 1.29 is 4.74 Å². The van der Waals surface area contributed by atoms with Crippen LogP contribution in [0.15, 0.2) is 35.4 Å². The molecule has 3 heterocycles. The van der Waals surface area contributed by atoms with Gasteiger partial charge in [0.2, 0.25) is 5.88 Å². The Labute approximate surface area is 188 Å². The first-order valence-electron chi connectivity index (χ1n) is 10.8. The van der Waals surface area contributed by atoms with E-state index in [0.29, 0.717) is 42.5 Å². The zero-order chi connectivity index (χ0) is 23.0. The normalized spacial score (nSPS) is 19.6. The van der Waals surface area contributed by atoms with Crippen LogP contribution in [0.4, 0.5) is 11.5 Å². The van der Waals surface area contributed by atoms with Crippen molar-refractivity contribution in [1.29, 1.82) is 0 Å². The number of pyridine rings is 1. The Bertz CT molecular complexity index is 1150. The third-order valence-electron chi connectivity index (χ3n) is 6.18. The molecule has 1 aliphatic rings. The van der Waals surface area contributed by atoms with Gasteiger partial charge in [0.25, 0.3) is 5.56 Å². The highest BCUT2D eigenvalue weighted by Gasteiger charge is 2.49. The molecule has 9 nitrogen and oxygen atoms in total. The van der Waals surface area contributed by atoms with Crippen molar-refractivity contribution >= 4 is 11.5 Å². The molecule has 0 saturated heterocycles. The molecule has 1 saturated carbocycles. The average molecular weight is 438 g/mol. The molecule has 3 aromatic rings. The molecule has 1 aliphatic carbocycles. The van der Waals surface area contributed by atoms with Crippen molar-refractivity contribution in [3.05, 3.63) is 57.8 Å². The van der Waals surface area contributed by atoms with E-state index < -0.39 is 0 Å². The van der Waals surface area contributed by atoms with Crippen LogP contribution in [0.5, 0.6) is 5.88 Å². The molecule has 1 fully saturated rings. The van der Waals surface area contributed by atoms with Gasteiger partial charge >= 0.3 is 0 Å². The standard InChI is InChI=1S/C23H31N7O2/c1-14-7-8-18(24-10-14)21-15(2)17(21)13-32-20-9-19(23(31)30(6)27-20)25-11-16-12-26-29(5)22(16)28(3)4/h7-10,12,15,17,21,25H,11,13H2,1-6H3. The molecule has 32 heavy (non-hydrogen) atoms.